The zero-order valence-electron chi connectivity index (χ0n) is 16.8. The van der Waals surface area contributed by atoms with Crippen molar-refractivity contribution < 1.29 is 22.8 Å². The molecule has 10 heteroatoms. The van der Waals surface area contributed by atoms with E-state index < -0.39 is 34.0 Å². The van der Waals surface area contributed by atoms with Crippen LogP contribution >= 0.6 is 0 Å². The molecule has 1 aromatic carbocycles. The molecule has 2 aliphatic rings. The van der Waals surface area contributed by atoms with Gasteiger partial charge < -0.3 is 10.6 Å². The number of urea groups is 1. The average molecular weight is 423 g/mol. The summed E-state index contributed by atoms with van der Waals surface area (Å²) in [6, 6.07) is 3.87. The molecule has 1 aliphatic heterocycles. The molecule has 1 spiro atoms. The summed E-state index contributed by atoms with van der Waals surface area (Å²) in [5.41, 5.74) is 0.0972. The van der Waals surface area contributed by atoms with Crippen molar-refractivity contribution in [3.05, 3.63) is 23.8 Å². The monoisotopic (exact) mass is 422 g/mol. The summed E-state index contributed by atoms with van der Waals surface area (Å²) in [7, 11) is -0.812. The van der Waals surface area contributed by atoms with E-state index in [1.807, 2.05) is 0 Å². The molecule has 1 aliphatic carbocycles. The second kappa shape index (κ2) is 7.75. The molecule has 158 valence electrons. The number of carbonyl (C=O) groups excluding carboxylic acids is 3. The lowest BCUT2D eigenvalue weighted by molar-refractivity contribution is -0.134. The van der Waals surface area contributed by atoms with E-state index in [1.165, 1.54) is 26.2 Å². The first-order valence-corrected chi connectivity index (χ1v) is 11.0. The Hall–Kier alpha value is -2.46. The second-order valence-corrected chi connectivity index (χ2v) is 9.93. The van der Waals surface area contributed by atoms with E-state index in [-0.39, 0.29) is 10.8 Å². The van der Waals surface area contributed by atoms with Gasteiger partial charge in [0.25, 0.3) is 5.91 Å². The van der Waals surface area contributed by atoms with Gasteiger partial charge in [-0.15, -0.1) is 0 Å². The second-order valence-electron chi connectivity index (χ2n) is 7.78. The topological polar surface area (TPSA) is 116 Å². The molecule has 9 nitrogen and oxygen atoms in total. The fraction of sp³-hybridized carbons (Fsp3) is 0.526. The summed E-state index contributed by atoms with van der Waals surface area (Å²) in [5, 5.41) is 5.39. The molecule has 0 unspecified atom stereocenters. The van der Waals surface area contributed by atoms with E-state index in [2.05, 4.69) is 10.6 Å². The van der Waals surface area contributed by atoms with Crippen LogP contribution in [0.4, 0.5) is 10.5 Å². The minimum absolute atomic E-state index is 0.0413. The molecular formula is C19H26N4O5S. The van der Waals surface area contributed by atoms with Gasteiger partial charge in [-0.05, 0) is 37.5 Å². The first-order chi connectivity index (χ1) is 13.6. The number of nitrogens with one attached hydrogen (secondary N) is 2. The number of amides is 4. The van der Waals surface area contributed by atoms with Gasteiger partial charge in [0.05, 0.1) is 4.90 Å². The molecule has 3 rings (SSSR count). The Morgan fingerprint density at radius 3 is 2.48 bits per heavy atom. The fourth-order valence-corrected chi connectivity index (χ4v) is 4.68. The van der Waals surface area contributed by atoms with E-state index in [0.29, 0.717) is 24.1 Å². The number of carbonyl (C=O) groups is 3. The maximum Gasteiger partial charge on any atom is 0.325 e. The molecule has 1 aromatic rings. The first-order valence-electron chi connectivity index (χ1n) is 9.54. The maximum atomic E-state index is 12.8. The van der Waals surface area contributed by atoms with Crippen molar-refractivity contribution in [3.8, 4) is 0 Å². The molecule has 2 fully saturated rings. The molecule has 2 N–H and O–H groups in total. The van der Waals surface area contributed by atoms with E-state index in [0.717, 1.165) is 28.5 Å². The number of rotatable bonds is 5. The van der Waals surface area contributed by atoms with Gasteiger partial charge in [-0.25, -0.2) is 17.5 Å². The summed E-state index contributed by atoms with van der Waals surface area (Å²) in [5.74, 6) is -0.929. The lowest BCUT2D eigenvalue weighted by Crippen LogP contribution is -2.48. The molecule has 1 saturated heterocycles. The molecule has 0 radical (unpaired) electrons. The predicted molar refractivity (Wildman–Crippen MR) is 107 cm³/mol. The quantitative estimate of drug-likeness (QED) is 0.697. The SMILES string of the molecule is Cc1ccc(S(=O)(=O)N(C)C)cc1NC(=O)CN1C(=O)NC2(CCCCC2)C1=O. The van der Waals surface area contributed by atoms with Gasteiger partial charge in [0.15, 0.2) is 0 Å². The van der Waals surface area contributed by atoms with E-state index in [1.54, 1.807) is 13.0 Å². The van der Waals surface area contributed by atoms with Crippen LogP contribution in [0.2, 0.25) is 0 Å². The van der Waals surface area contributed by atoms with Crippen LogP contribution in [-0.2, 0) is 19.6 Å². The minimum atomic E-state index is -3.66. The van der Waals surface area contributed by atoms with E-state index in [4.69, 9.17) is 0 Å². The number of imide groups is 1. The van der Waals surface area contributed by atoms with Crippen LogP contribution in [0, 0.1) is 6.92 Å². The zero-order chi connectivity index (χ0) is 21.4. The molecule has 0 bridgehead atoms. The molecule has 0 aromatic heterocycles. The first kappa shape index (κ1) is 21.3. The van der Waals surface area contributed by atoms with Gasteiger partial charge in [0.1, 0.15) is 12.1 Å². The van der Waals surface area contributed by atoms with Crippen molar-refractivity contribution in [3.63, 3.8) is 0 Å². The van der Waals surface area contributed by atoms with Crippen LogP contribution in [0.3, 0.4) is 0 Å². The van der Waals surface area contributed by atoms with Crippen molar-refractivity contribution in [2.75, 3.05) is 26.0 Å². The number of aryl methyl sites for hydroxylation is 1. The Balaban J connectivity index is 1.74. The summed E-state index contributed by atoms with van der Waals surface area (Å²) >= 11 is 0. The normalized spacial score (nSPS) is 19.0. The Morgan fingerprint density at radius 1 is 1.21 bits per heavy atom. The number of hydrogen-bond acceptors (Lipinski definition) is 5. The van der Waals surface area contributed by atoms with Gasteiger partial charge >= 0.3 is 6.03 Å². The summed E-state index contributed by atoms with van der Waals surface area (Å²) < 4.78 is 25.7. The van der Waals surface area contributed by atoms with Crippen LogP contribution in [0.5, 0.6) is 0 Å². The summed E-state index contributed by atoms with van der Waals surface area (Å²) in [6.07, 6.45) is 3.91. The molecule has 29 heavy (non-hydrogen) atoms. The Kier molecular flexibility index (Phi) is 5.68. The minimum Gasteiger partial charge on any atom is -0.324 e. The highest BCUT2D eigenvalue weighted by Crippen LogP contribution is 2.33. The van der Waals surface area contributed by atoms with Gasteiger partial charge in [0.2, 0.25) is 15.9 Å². The van der Waals surface area contributed by atoms with Gasteiger partial charge in [-0.1, -0.05) is 25.3 Å². The van der Waals surface area contributed by atoms with Crippen molar-refractivity contribution in [1.29, 1.82) is 0 Å². The highest BCUT2D eigenvalue weighted by Gasteiger charge is 2.51. The molecule has 1 heterocycles. The third-order valence-corrected chi connectivity index (χ3v) is 7.33. The third-order valence-electron chi connectivity index (χ3n) is 5.52. The van der Waals surface area contributed by atoms with E-state index >= 15 is 0 Å². The standard InChI is InChI=1S/C19H26N4O5S/c1-13-7-8-14(29(27,28)22(2)3)11-15(13)20-16(24)12-23-17(25)19(21-18(23)26)9-5-4-6-10-19/h7-8,11H,4-6,9-10,12H2,1-3H3,(H,20,24)(H,21,26). The van der Waals surface area contributed by atoms with Crippen LogP contribution in [0.15, 0.2) is 23.1 Å². The summed E-state index contributed by atoms with van der Waals surface area (Å²) in [6.45, 7) is 1.31. The zero-order valence-corrected chi connectivity index (χ0v) is 17.6. The van der Waals surface area contributed by atoms with Crippen molar-refractivity contribution in [2.24, 2.45) is 0 Å². The van der Waals surface area contributed by atoms with Crippen LogP contribution in [0.1, 0.15) is 37.7 Å². The molecule has 1 saturated carbocycles. The van der Waals surface area contributed by atoms with Crippen molar-refractivity contribution in [2.45, 2.75) is 49.5 Å². The number of benzene rings is 1. The van der Waals surface area contributed by atoms with Gasteiger partial charge in [-0.3, -0.25) is 14.5 Å². The van der Waals surface area contributed by atoms with E-state index in [9.17, 15) is 22.8 Å². The Morgan fingerprint density at radius 2 is 1.86 bits per heavy atom. The number of nitrogens with zero attached hydrogens (tertiary/aromatic N) is 2. The number of sulfonamides is 1. The Bertz CT molecular complexity index is 951. The maximum absolute atomic E-state index is 12.8. The van der Waals surface area contributed by atoms with Crippen LogP contribution in [-0.4, -0.2) is 61.6 Å². The van der Waals surface area contributed by atoms with Crippen LogP contribution < -0.4 is 10.6 Å². The highest BCUT2D eigenvalue weighted by atomic mass is 32.2. The smallest absolute Gasteiger partial charge is 0.324 e. The van der Waals surface area contributed by atoms with Crippen LogP contribution in [0.25, 0.3) is 0 Å². The fourth-order valence-electron chi connectivity index (χ4n) is 3.75. The average Bonchev–Trinajstić information content (AvgIpc) is 2.88. The van der Waals surface area contributed by atoms with Gasteiger partial charge in [-0.2, -0.15) is 0 Å². The molecular weight excluding hydrogens is 396 g/mol. The third kappa shape index (κ3) is 3.99. The van der Waals surface area contributed by atoms with Crippen molar-refractivity contribution >= 4 is 33.6 Å². The highest BCUT2D eigenvalue weighted by molar-refractivity contribution is 7.89. The number of hydrogen-bond donors (Lipinski definition) is 2. The lowest BCUT2D eigenvalue weighted by Gasteiger charge is -2.30. The largest absolute Gasteiger partial charge is 0.325 e. The van der Waals surface area contributed by atoms with Crippen molar-refractivity contribution in [1.82, 2.24) is 14.5 Å². The molecule has 4 amide bonds. The van der Waals surface area contributed by atoms with Gasteiger partial charge in [0, 0.05) is 19.8 Å². The summed E-state index contributed by atoms with van der Waals surface area (Å²) in [4.78, 5) is 38.6. The Labute approximate surface area is 170 Å². The number of anilines is 1. The molecule has 0 atom stereocenters. The predicted octanol–water partition coefficient (Wildman–Crippen LogP) is 1.44. The lowest BCUT2D eigenvalue weighted by atomic mass is 9.82.